The van der Waals surface area contributed by atoms with E-state index in [0.29, 0.717) is 35.1 Å². The molecule has 0 N–H and O–H groups in total. The molecule has 0 unspecified atom stereocenters. The zero-order valence-corrected chi connectivity index (χ0v) is 17.0. The number of carbonyl (C=O) groups excluding carboxylic acids is 1. The maximum atomic E-state index is 12.3. The minimum atomic E-state index is -0.358. The van der Waals surface area contributed by atoms with Crippen molar-refractivity contribution in [1.29, 1.82) is 5.26 Å². The Kier molecular flexibility index (Phi) is 6.55. The number of hydrogen-bond donors (Lipinski definition) is 0. The van der Waals surface area contributed by atoms with E-state index in [9.17, 15) is 10.1 Å². The molecule has 6 nitrogen and oxygen atoms in total. The zero-order chi connectivity index (χ0) is 20.1. The van der Waals surface area contributed by atoms with Crippen LogP contribution in [0.15, 0.2) is 23.2 Å². The summed E-state index contributed by atoms with van der Waals surface area (Å²) in [6, 6.07) is 7.69. The molecule has 146 valence electrons. The molecule has 3 rings (SSSR count). The number of esters is 1. The topological polar surface area (TPSA) is 81.4 Å². The van der Waals surface area contributed by atoms with E-state index in [1.807, 2.05) is 26.8 Å². The van der Waals surface area contributed by atoms with E-state index in [1.165, 1.54) is 11.8 Å². The number of fused-ring (bicyclic) bond motifs is 1. The largest absolute Gasteiger partial charge is 0.467 e. The molecular weight excluding hydrogens is 376 g/mol. The summed E-state index contributed by atoms with van der Waals surface area (Å²) in [5.74, 6) is 0.888. The highest BCUT2D eigenvalue weighted by Gasteiger charge is 2.21. The van der Waals surface area contributed by atoms with Crippen LogP contribution in [0.3, 0.4) is 0 Å². The molecule has 2 heterocycles. The van der Waals surface area contributed by atoms with E-state index in [1.54, 1.807) is 12.1 Å². The third-order valence-electron chi connectivity index (χ3n) is 4.25. The quantitative estimate of drug-likeness (QED) is 0.530. The van der Waals surface area contributed by atoms with E-state index < -0.39 is 0 Å². The van der Waals surface area contributed by atoms with Crippen molar-refractivity contribution in [2.24, 2.45) is 0 Å². The van der Waals surface area contributed by atoms with E-state index in [0.717, 1.165) is 34.6 Å². The molecule has 1 aromatic carbocycles. The second-order valence-electron chi connectivity index (χ2n) is 6.53. The van der Waals surface area contributed by atoms with Crippen LogP contribution in [0, 0.1) is 25.2 Å². The first kappa shape index (κ1) is 20.2. The predicted octanol–water partition coefficient (Wildman–Crippen LogP) is 4.30. The average molecular weight is 398 g/mol. The van der Waals surface area contributed by atoms with Crippen LogP contribution in [-0.2, 0) is 21.8 Å². The van der Waals surface area contributed by atoms with Crippen LogP contribution in [0.2, 0.25) is 0 Å². The Bertz CT molecular complexity index is 937. The van der Waals surface area contributed by atoms with E-state index in [4.69, 9.17) is 14.2 Å². The van der Waals surface area contributed by atoms with Gasteiger partial charge in [-0.3, -0.25) is 0 Å². The molecule has 0 aliphatic carbocycles. The Labute approximate surface area is 168 Å². The number of thioether (sulfide) groups is 1. The van der Waals surface area contributed by atoms with Gasteiger partial charge in [-0.05, 0) is 44.0 Å². The number of aromatic nitrogens is 1. The van der Waals surface area contributed by atoms with Gasteiger partial charge in [-0.15, -0.1) is 11.8 Å². The Hall–Kier alpha value is -2.56. The Morgan fingerprint density at radius 1 is 1.36 bits per heavy atom. The van der Waals surface area contributed by atoms with Crippen LogP contribution in [0.4, 0.5) is 0 Å². The second kappa shape index (κ2) is 9.09. The Morgan fingerprint density at radius 3 is 2.93 bits per heavy atom. The highest BCUT2D eigenvalue weighted by molar-refractivity contribution is 7.98. The number of pyridine rings is 1. The molecule has 0 amide bonds. The van der Waals surface area contributed by atoms with Crippen LogP contribution in [0.1, 0.15) is 51.7 Å². The number of carbonyl (C=O) groups is 1. The number of aryl methyl sites for hydroxylation is 2. The lowest BCUT2D eigenvalue weighted by atomic mass is 10.0. The van der Waals surface area contributed by atoms with Crippen molar-refractivity contribution in [1.82, 2.24) is 4.98 Å². The number of nitrogens with zero attached hydrogens (tertiary/aromatic N) is 2. The second-order valence-corrected chi connectivity index (χ2v) is 7.50. The molecule has 2 aromatic rings. The van der Waals surface area contributed by atoms with Crippen molar-refractivity contribution >= 4 is 17.7 Å². The lowest BCUT2D eigenvalue weighted by Crippen LogP contribution is -2.15. The summed E-state index contributed by atoms with van der Waals surface area (Å²) < 4.78 is 16.3. The molecule has 28 heavy (non-hydrogen) atoms. The normalized spacial score (nSPS) is 12.6. The number of rotatable bonds is 6. The first-order valence-electron chi connectivity index (χ1n) is 9.08. The van der Waals surface area contributed by atoms with Crippen molar-refractivity contribution in [3.8, 4) is 11.8 Å². The van der Waals surface area contributed by atoms with Gasteiger partial charge in [-0.2, -0.15) is 5.26 Å². The van der Waals surface area contributed by atoms with Crippen LogP contribution in [0.25, 0.3) is 0 Å². The highest BCUT2D eigenvalue weighted by Crippen LogP contribution is 2.35. The van der Waals surface area contributed by atoms with Crippen molar-refractivity contribution in [2.75, 3.05) is 13.4 Å². The molecule has 1 aromatic heterocycles. The zero-order valence-electron chi connectivity index (χ0n) is 16.2. The predicted molar refractivity (Wildman–Crippen MR) is 105 cm³/mol. The lowest BCUT2D eigenvalue weighted by molar-refractivity contribution is -0.0169. The Morgan fingerprint density at radius 2 is 2.18 bits per heavy atom. The maximum absolute atomic E-state index is 12.3. The van der Waals surface area contributed by atoms with Gasteiger partial charge in [0.1, 0.15) is 16.8 Å². The van der Waals surface area contributed by atoms with Crippen LogP contribution >= 0.6 is 11.8 Å². The van der Waals surface area contributed by atoms with Gasteiger partial charge in [0.2, 0.25) is 0 Å². The standard InChI is InChI=1S/C21H22N2O4S/c1-4-5-26-21(24)15-7-16-10-25-12-27-19(16)17(8-15)11-28-20-18(9-22)13(2)6-14(3)23-20/h6-8H,4-5,10-12H2,1-3H3. The number of ether oxygens (including phenoxy) is 3. The first-order chi connectivity index (χ1) is 13.5. The number of hydrogen-bond acceptors (Lipinski definition) is 7. The summed E-state index contributed by atoms with van der Waals surface area (Å²) in [6.07, 6.45) is 0.765. The van der Waals surface area contributed by atoms with Crippen molar-refractivity contribution in [3.05, 3.63) is 51.7 Å². The molecule has 0 fully saturated rings. The molecule has 0 bridgehead atoms. The van der Waals surface area contributed by atoms with Gasteiger partial charge < -0.3 is 14.2 Å². The minimum absolute atomic E-state index is 0.176. The molecule has 0 saturated carbocycles. The van der Waals surface area contributed by atoms with E-state index >= 15 is 0 Å². The summed E-state index contributed by atoms with van der Waals surface area (Å²) in [5.41, 5.74) is 4.50. The molecule has 0 atom stereocenters. The molecule has 1 aliphatic heterocycles. The van der Waals surface area contributed by atoms with Gasteiger partial charge in [-0.1, -0.05) is 6.92 Å². The molecule has 0 radical (unpaired) electrons. The molecule has 0 saturated heterocycles. The van der Waals surface area contributed by atoms with Crippen molar-refractivity contribution in [2.45, 2.75) is 44.6 Å². The van der Waals surface area contributed by atoms with Crippen LogP contribution in [-0.4, -0.2) is 24.4 Å². The molecule has 0 spiro atoms. The Balaban J connectivity index is 1.91. The lowest BCUT2D eigenvalue weighted by Gasteiger charge is -2.21. The summed E-state index contributed by atoms with van der Waals surface area (Å²) in [7, 11) is 0. The van der Waals surface area contributed by atoms with E-state index in [-0.39, 0.29) is 12.8 Å². The summed E-state index contributed by atoms with van der Waals surface area (Å²) in [4.78, 5) is 16.9. The van der Waals surface area contributed by atoms with Gasteiger partial charge in [0, 0.05) is 22.6 Å². The van der Waals surface area contributed by atoms with Gasteiger partial charge in [0.05, 0.1) is 24.3 Å². The van der Waals surface area contributed by atoms with Crippen LogP contribution < -0.4 is 4.74 Å². The molecular formula is C21H22N2O4S. The molecule has 1 aliphatic rings. The smallest absolute Gasteiger partial charge is 0.338 e. The first-order valence-corrected chi connectivity index (χ1v) is 10.1. The van der Waals surface area contributed by atoms with Gasteiger partial charge in [0.25, 0.3) is 0 Å². The number of nitriles is 1. The number of benzene rings is 1. The summed E-state index contributed by atoms with van der Waals surface area (Å²) >= 11 is 1.46. The fourth-order valence-electron chi connectivity index (χ4n) is 2.99. The minimum Gasteiger partial charge on any atom is -0.467 e. The van der Waals surface area contributed by atoms with E-state index in [2.05, 4.69) is 11.1 Å². The van der Waals surface area contributed by atoms with Gasteiger partial charge in [-0.25, -0.2) is 9.78 Å². The fourth-order valence-corrected chi connectivity index (χ4v) is 4.06. The third kappa shape index (κ3) is 4.46. The van der Waals surface area contributed by atoms with Gasteiger partial charge in [0.15, 0.2) is 6.79 Å². The van der Waals surface area contributed by atoms with Crippen molar-refractivity contribution in [3.63, 3.8) is 0 Å². The van der Waals surface area contributed by atoms with Crippen LogP contribution in [0.5, 0.6) is 5.75 Å². The summed E-state index contributed by atoms with van der Waals surface area (Å²) in [6.45, 7) is 6.70. The van der Waals surface area contributed by atoms with Gasteiger partial charge >= 0.3 is 5.97 Å². The third-order valence-corrected chi connectivity index (χ3v) is 5.27. The average Bonchev–Trinajstić information content (AvgIpc) is 2.69. The molecule has 7 heteroatoms. The SMILES string of the molecule is CCCOC(=O)c1cc2c(c(CSc3nc(C)cc(C)c3C#N)c1)OCOC2. The van der Waals surface area contributed by atoms with Crippen molar-refractivity contribution < 1.29 is 19.0 Å². The maximum Gasteiger partial charge on any atom is 0.338 e. The summed E-state index contributed by atoms with van der Waals surface area (Å²) in [5, 5.41) is 10.2. The highest BCUT2D eigenvalue weighted by atomic mass is 32.2. The fraction of sp³-hybridized carbons (Fsp3) is 0.381. The monoisotopic (exact) mass is 398 g/mol.